The molecule has 67 heavy (non-hydrogen) atoms. The highest BCUT2D eigenvalue weighted by atomic mass is 35.5. The molecule has 5 heterocycles. The van der Waals surface area contributed by atoms with Crippen LogP contribution in [0.4, 0.5) is 29.5 Å². The number of hydrogen-bond acceptors (Lipinski definition) is 11. The number of H-pyrrole nitrogens is 1. The third-order valence-corrected chi connectivity index (χ3v) is 13.3. The predicted molar refractivity (Wildman–Crippen MR) is 244 cm³/mol. The highest BCUT2D eigenvalue weighted by molar-refractivity contribution is 6.34. The van der Waals surface area contributed by atoms with Crippen molar-refractivity contribution < 1.29 is 51.3 Å². The average Bonchev–Trinajstić information content (AvgIpc) is 3.99. The molecule has 0 radical (unpaired) electrons. The molecule has 3 fully saturated rings. The van der Waals surface area contributed by atoms with Gasteiger partial charge in [-0.1, -0.05) is 56.6 Å². The Hall–Kier alpha value is -5.92. The molecule has 4 atom stereocenters. The first-order valence-electron chi connectivity index (χ1n) is 22.2. The van der Waals surface area contributed by atoms with Crippen LogP contribution in [0.5, 0.6) is 5.75 Å². The van der Waals surface area contributed by atoms with Gasteiger partial charge in [0.15, 0.2) is 0 Å². The van der Waals surface area contributed by atoms with Crippen LogP contribution < -0.4 is 20.3 Å². The highest BCUT2D eigenvalue weighted by Crippen LogP contribution is 2.41. The standard InChI is InChI=1S/C47H56ClF3N8O8/c1-7-46(3,4)44(62)57-16-17-58(27(2)25-57)39-13-12-31(23-52-39)42(60)55-35-22-38(67-47(49,50)51)33(21-34(35)48)28-8-10-29(11-9-28)36-24-53-41(54-36)37-20-32(64-5)26-59(37)43(61)40(56-45(63)65-6)30-14-18-66-19-15-30/h8-13,21-24,27,30,32,37,40H,7,14-20,25-26H2,1-6H3,(H,53,54)(H,55,60)(H,56,63)/t27-,32+,37+,40+/m1/s1. The Bertz CT molecular complexity index is 2410. The lowest BCUT2D eigenvalue weighted by Gasteiger charge is -2.42. The maximum Gasteiger partial charge on any atom is 0.573 e. The fraction of sp³-hybridized carbons (Fsp3) is 0.489. The molecule has 0 aliphatic carbocycles. The van der Waals surface area contributed by atoms with Gasteiger partial charge in [-0.25, -0.2) is 14.8 Å². The molecule has 3 aliphatic rings. The van der Waals surface area contributed by atoms with Gasteiger partial charge in [0.25, 0.3) is 5.91 Å². The summed E-state index contributed by atoms with van der Waals surface area (Å²) >= 11 is 6.63. The number of benzene rings is 2. The van der Waals surface area contributed by atoms with Crippen molar-refractivity contribution in [3.05, 3.63) is 77.3 Å². The Morgan fingerprint density at radius 1 is 1.00 bits per heavy atom. The van der Waals surface area contributed by atoms with Gasteiger partial charge in [-0.3, -0.25) is 14.4 Å². The number of carbonyl (C=O) groups is 4. The molecule has 360 valence electrons. The van der Waals surface area contributed by atoms with Crippen LogP contribution in [0.3, 0.4) is 0 Å². The van der Waals surface area contributed by atoms with Gasteiger partial charge in [0, 0.05) is 94.0 Å². The number of aromatic amines is 1. The molecule has 3 aliphatic heterocycles. The van der Waals surface area contributed by atoms with Crippen molar-refractivity contribution in [2.24, 2.45) is 11.3 Å². The van der Waals surface area contributed by atoms with E-state index in [4.69, 9.17) is 30.8 Å². The number of imidazole rings is 1. The van der Waals surface area contributed by atoms with Gasteiger partial charge in [-0.15, -0.1) is 13.2 Å². The molecule has 16 nitrogen and oxygen atoms in total. The van der Waals surface area contributed by atoms with Crippen LogP contribution >= 0.6 is 11.6 Å². The number of methoxy groups -OCH3 is 2. The number of alkyl halides is 3. The number of nitrogens with zero attached hydrogens (tertiary/aromatic N) is 5. The summed E-state index contributed by atoms with van der Waals surface area (Å²) in [6, 6.07) is 10.7. The second kappa shape index (κ2) is 20.5. The maximum absolute atomic E-state index is 14.2. The number of amides is 4. The summed E-state index contributed by atoms with van der Waals surface area (Å²) in [6.45, 7) is 10.7. The second-order valence-electron chi connectivity index (χ2n) is 17.7. The van der Waals surface area contributed by atoms with E-state index in [0.717, 1.165) is 12.5 Å². The van der Waals surface area contributed by atoms with E-state index in [2.05, 4.69) is 30.2 Å². The van der Waals surface area contributed by atoms with Gasteiger partial charge >= 0.3 is 12.5 Å². The predicted octanol–water partition coefficient (Wildman–Crippen LogP) is 7.86. The van der Waals surface area contributed by atoms with Crippen molar-refractivity contribution in [2.45, 2.75) is 84.0 Å². The Morgan fingerprint density at radius 3 is 2.34 bits per heavy atom. The van der Waals surface area contributed by atoms with E-state index in [-0.39, 0.29) is 58.3 Å². The summed E-state index contributed by atoms with van der Waals surface area (Å²) in [7, 11) is 2.81. The number of halogens is 4. The summed E-state index contributed by atoms with van der Waals surface area (Å²) < 4.78 is 62.0. The lowest BCUT2D eigenvalue weighted by molar-refractivity contribution is -0.274. The van der Waals surface area contributed by atoms with Crippen LogP contribution in [-0.4, -0.2) is 127 Å². The molecule has 3 N–H and O–H groups in total. The van der Waals surface area contributed by atoms with E-state index in [9.17, 15) is 32.3 Å². The summed E-state index contributed by atoms with van der Waals surface area (Å²) in [4.78, 5) is 71.1. The largest absolute Gasteiger partial charge is 0.573 e. The summed E-state index contributed by atoms with van der Waals surface area (Å²) in [5.74, 6) is -0.494. The van der Waals surface area contributed by atoms with Crippen molar-refractivity contribution in [3.63, 3.8) is 0 Å². The molecular formula is C47H56ClF3N8O8. The van der Waals surface area contributed by atoms with Crippen molar-refractivity contribution in [3.8, 4) is 28.1 Å². The van der Waals surface area contributed by atoms with Gasteiger partial charge in [-0.05, 0) is 55.9 Å². The van der Waals surface area contributed by atoms with Crippen molar-refractivity contribution in [2.75, 3.05) is 63.8 Å². The quantitative estimate of drug-likeness (QED) is 0.119. The monoisotopic (exact) mass is 952 g/mol. The van der Waals surface area contributed by atoms with Gasteiger partial charge in [0.05, 0.1) is 41.2 Å². The number of ether oxygens (including phenoxy) is 4. The molecular weight excluding hydrogens is 897 g/mol. The van der Waals surface area contributed by atoms with E-state index in [1.165, 1.54) is 19.4 Å². The number of pyridine rings is 1. The summed E-state index contributed by atoms with van der Waals surface area (Å²) in [6.07, 6.45) is -0.697. The number of rotatable bonds is 13. The topological polar surface area (TPSA) is 181 Å². The van der Waals surface area contributed by atoms with E-state index >= 15 is 0 Å². The fourth-order valence-electron chi connectivity index (χ4n) is 8.77. The molecule has 0 spiro atoms. The minimum atomic E-state index is -5.07. The Balaban J connectivity index is 1.06. The minimum Gasteiger partial charge on any atom is -0.453 e. The van der Waals surface area contributed by atoms with E-state index in [1.807, 2.05) is 32.6 Å². The van der Waals surface area contributed by atoms with Crippen LogP contribution in [-0.2, 0) is 23.8 Å². The first-order valence-corrected chi connectivity index (χ1v) is 22.6. The van der Waals surface area contributed by atoms with Crippen LogP contribution in [0.1, 0.15) is 75.6 Å². The molecule has 0 saturated carbocycles. The number of nitrogens with one attached hydrogen (secondary N) is 3. The van der Waals surface area contributed by atoms with Crippen LogP contribution in [0.2, 0.25) is 5.02 Å². The molecule has 3 saturated heterocycles. The van der Waals surface area contributed by atoms with Crippen LogP contribution in [0.15, 0.2) is 60.9 Å². The number of alkyl carbamates (subject to hydrolysis) is 1. The third kappa shape index (κ3) is 11.3. The van der Waals surface area contributed by atoms with Crippen molar-refractivity contribution in [1.29, 1.82) is 0 Å². The van der Waals surface area contributed by atoms with Gasteiger partial charge in [-0.2, -0.15) is 0 Å². The molecule has 2 aromatic carbocycles. The molecule has 20 heteroatoms. The lowest BCUT2D eigenvalue weighted by atomic mass is 9.88. The first kappa shape index (κ1) is 49.0. The van der Waals surface area contributed by atoms with Crippen LogP contribution in [0.25, 0.3) is 22.4 Å². The molecule has 4 aromatic rings. The Labute approximate surface area is 391 Å². The smallest absolute Gasteiger partial charge is 0.453 e. The molecule has 7 rings (SSSR count). The van der Waals surface area contributed by atoms with Crippen molar-refractivity contribution >= 4 is 46.9 Å². The number of carbonyl (C=O) groups excluding carboxylic acids is 4. The zero-order valence-corrected chi connectivity index (χ0v) is 39.0. The number of aromatic nitrogens is 3. The number of likely N-dealkylation sites (tertiary alicyclic amines) is 1. The molecule has 2 aromatic heterocycles. The Kier molecular flexibility index (Phi) is 15.0. The fourth-order valence-corrected chi connectivity index (χ4v) is 8.98. The second-order valence-corrected chi connectivity index (χ2v) is 18.1. The number of anilines is 2. The SMILES string of the molecule is CCC(C)(C)C(=O)N1CCN(c2ccc(C(=O)Nc3cc(OC(F)(F)F)c(-c4ccc(-c5c[nH]c([C@@H]6C[C@H](OC)CN6C(=O)[C@@H](NC(=O)OC)C6CCOCC6)n5)cc4)cc3Cl)cn2)[C@H](C)C1. The zero-order chi connectivity index (χ0) is 48.2. The van der Waals surface area contributed by atoms with E-state index < -0.39 is 41.6 Å². The number of hydrogen-bond donors (Lipinski definition) is 3. The normalized spacial score (nSPS) is 19.8. The highest BCUT2D eigenvalue weighted by Gasteiger charge is 2.43. The molecule has 4 amide bonds. The van der Waals surface area contributed by atoms with Crippen molar-refractivity contribution in [1.82, 2.24) is 30.1 Å². The molecule has 0 unspecified atom stereocenters. The summed E-state index contributed by atoms with van der Waals surface area (Å²) in [5, 5.41) is 5.29. The molecule has 0 bridgehead atoms. The Morgan fingerprint density at radius 2 is 1.72 bits per heavy atom. The zero-order valence-electron chi connectivity index (χ0n) is 38.2. The lowest BCUT2D eigenvalue weighted by Crippen LogP contribution is -2.56. The third-order valence-electron chi connectivity index (χ3n) is 13.0. The number of piperazine rings is 1. The average molecular weight is 953 g/mol. The van der Waals surface area contributed by atoms with Gasteiger partial charge in [0.2, 0.25) is 11.8 Å². The summed E-state index contributed by atoms with van der Waals surface area (Å²) in [5.41, 5.74) is 1.05. The van der Waals surface area contributed by atoms with E-state index in [0.29, 0.717) is 80.6 Å². The van der Waals surface area contributed by atoms with Crippen LogP contribution in [0, 0.1) is 11.3 Å². The maximum atomic E-state index is 14.2. The first-order chi connectivity index (χ1) is 31.9. The van der Waals surface area contributed by atoms with Gasteiger partial charge < -0.3 is 49.3 Å². The van der Waals surface area contributed by atoms with E-state index in [1.54, 1.807) is 54.6 Å². The minimum absolute atomic E-state index is 0.0140. The van der Waals surface area contributed by atoms with Gasteiger partial charge in [0.1, 0.15) is 23.4 Å².